The van der Waals surface area contributed by atoms with Crippen molar-refractivity contribution in [3.05, 3.63) is 34.3 Å². The van der Waals surface area contributed by atoms with E-state index < -0.39 is 0 Å². The predicted octanol–water partition coefficient (Wildman–Crippen LogP) is 2.83. The summed E-state index contributed by atoms with van der Waals surface area (Å²) in [7, 11) is 0. The van der Waals surface area contributed by atoms with Gasteiger partial charge in [-0.3, -0.25) is 4.79 Å². The molecule has 1 N–H and O–H groups in total. The van der Waals surface area contributed by atoms with Crippen LogP contribution in [0.4, 0.5) is 0 Å². The number of nitrogens with zero attached hydrogens (tertiary/aromatic N) is 1. The van der Waals surface area contributed by atoms with Gasteiger partial charge in [0.1, 0.15) is 0 Å². The largest absolute Gasteiger partial charge is 0.396 e. The lowest BCUT2D eigenvalue weighted by molar-refractivity contribution is 0.0574. The Morgan fingerprint density at radius 3 is 3.00 bits per heavy atom. The number of aliphatic hydroxyl groups is 1. The van der Waals surface area contributed by atoms with Gasteiger partial charge in [0.2, 0.25) is 0 Å². The van der Waals surface area contributed by atoms with Gasteiger partial charge >= 0.3 is 0 Å². The van der Waals surface area contributed by atoms with Crippen LogP contribution in [0.2, 0.25) is 0 Å². The third-order valence-electron chi connectivity index (χ3n) is 3.42. The Bertz CT molecular complexity index is 420. The van der Waals surface area contributed by atoms with Crippen LogP contribution in [0.1, 0.15) is 36.0 Å². The van der Waals surface area contributed by atoms with E-state index in [9.17, 15) is 4.79 Å². The fourth-order valence-electron chi connectivity index (χ4n) is 2.50. The number of carbonyl (C=O) groups is 1. The lowest BCUT2D eigenvalue weighted by Crippen LogP contribution is -2.44. The van der Waals surface area contributed by atoms with Crippen LogP contribution in [0.3, 0.4) is 0 Å². The highest BCUT2D eigenvalue weighted by Gasteiger charge is 2.26. The van der Waals surface area contributed by atoms with Crippen LogP contribution in [-0.2, 0) is 0 Å². The van der Waals surface area contributed by atoms with E-state index in [0.717, 1.165) is 30.3 Å². The van der Waals surface area contributed by atoms with E-state index in [1.165, 1.54) is 0 Å². The monoisotopic (exact) mass is 311 g/mol. The zero-order valence-corrected chi connectivity index (χ0v) is 11.9. The minimum absolute atomic E-state index is 0.0782. The Kier molecular flexibility index (Phi) is 4.78. The Morgan fingerprint density at radius 2 is 2.28 bits per heavy atom. The molecule has 1 amide bonds. The zero-order valence-electron chi connectivity index (χ0n) is 10.3. The van der Waals surface area contributed by atoms with E-state index in [2.05, 4.69) is 15.9 Å². The number of hydrogen-bond donors (Lipinski definition) is 1. The maximum absolute atomic E-state index is 12.5. The molecule has 1 unspecified atom stereocenters. The summed E-state index contributed by atoms with van der Waals surface area (Å²) in [4.78, 5) is 14.4. The second kappa shape index (κ2) is 6.34. The Labute approximate surface area is 116 Å². The Balaban J connectivity index is 2.15. The van der Waals surface area contributed by atoms with Crippen molar-refractivity contribution < 1.29 is 9.90 Å². The van der Waals surface area contributed by atoms with Crippen LogP contribution in [-0.4, -0.2) is 35.1 Å². The third kappa shape index (κ3) is 3.12. The van der Waals surface area contributed by atoms with E-state index in [-0.39, 0.29) is 18.6 Å². The highest BCUT2D eigenvalue weighted by Crippen LogP contribution is 2.22. The van der Waals surface area contributed by atoms with Gasteiger partial charge in [-0.05, 0) is 43.9 Å². The molecule has 1 aromatic rings. The van der Waals surface area contributed by atoms with Crippen molar-refractivity contribution >= 4 is 21.8 Å². The predicted molar refractivity (Wildman–Crippen MR) is 74.5 cm³/mol. The van der Waals surface area contributed by atoms with Gasteiger partial charge in [0.15, 0.2) is 0 Å². The number of benzene rings is 1. The molecule has 0 bridgehead atoms. The summed E-state index contributed by atoms with van der Waals surface area (Å²) in [5.41, 5.74) is 0.717. The summed E-state index contributed by atoms with van der Waals surface area (Å²) in [6.45, 7) is 0.947. The van der Waals surface area contributed by atoms with Crippen LogP contribution in [0, 0.1) is 0 Å². The first-order valence-corrected chi connectivity index (χ1v) is 7.19. The first kappa shape index (κ1) is 13.6. The van der Waals surface area contributed by atoms with Gasteiger partial charge in [0.05, 0.1) is 0 Å². The highest BCUT2D eigenvalue weighted by atomic mass is 79.9. The lowest BCUT2D eigenvalue weighted by atomic mass is 9.98. The minimum Gasteiger partial charge on any atom is -0.396 e. The summed E-state index contributed by atoms with van der Waals surface area (Å²) >= 11 is 3.39. The molecule has 1 fully saturated rings. The van der Waals surface area contributed by atoms with E-state index >= 15 is 0 Å². The number of piperidine rings is 1. The number of carbonyl (C=O) groups excluding carboxylic acids is 1. The molecule has 1 aliphatic rings. The Morgan fingerprint density at radius 1 is 1.44 bits per heavy atom. The van der Waals surface area contributed by atoms with E-state index in [1.54, 1.807) is 0 Å². The number of hydrogen-bond acceptors (Lipinski definition) is 2. The number of likely N-dealkylation sites (tertiary alicyclic amines) is 1. The third-order valence-corrected chi connectivity index (χ3v) is 3.92. The van der Waals surface area contributed by atoms with Crippen molar-refractivity contribution in [3.8, 4) is 0 Å². The van der Waals surface area contributed by atoms with Gasteiger partial charge in [0, 0.05) is 29.2 Å². The Hall–Kier alpha value is -0.870. The highest BCUT2D eigenvalue weighted by molar-refractivity contribution is 9.10. The van der Waals surface area contributed by atoms with Crippen molar-refractivity contribution in [2.24, 2.45) is 0 Å². The normalized spacial score (nSPS) is 19.9. The molecule has 2 rings (SSSR count). The van der Waals surface area contributed by atoms with Gasteiger partial charge in [-0.25, -0.2) is 0 Å². The van der Waals surface area contributed by atoms with Crippen LogP contribution >= 0.6 is 15.9 Å². The molecule has 0 radical (unpaired) electrons. The average molecular weight is 312 g/mol. The molecular formula is C14H18BrNO2. The fourth-order valence-corrected chi connectivity index (χ4v) is 2.90. The number of halogens is 1. The van der Waals surface area contributed by atoms with E-state index in [0.29, 0.717) is 12.0 Å². The summed E-state index contributed by atoms with van der Waals surface area (Å²) in [6, 6.07) is 7.68. The topological polar surface area (TPSA) is 40.5 Å². The summed E-state index contributed by atoms with van der Waals surface area (Å²) in [5.74, 6) is 0.0782. The maximum Gasteiger partial charge on any atom is 0.254 e. The smallest absolute Gasteiger partial charge is 0.254 e. The SMILES string of the molecule is O=C(c1cccc(Br)c1)N1CCCCC1CCO. The quantitative estimate of drug-likeness (QED) is 0.932. The second-order valence-corrected chi connectivity index (χ2v) is 5.59. The van der Waals surface area contributed by atoms with Crippen molar-refractivity contribution in [2.45, 2.75) is 31.7 Å². The molecule has 1 aromatic carbocycles. The van der Waals surface area contributed by atoms with Gasteiger partial charge in [-0.15, -0.1) is 0 Å². The molecular weight excluding hydrogens is 294 g/mol. The van der Waals surface area contributed by atoms with Gasteiger partial charge in [0.25, 0.3) is 5.91 Å². The molecule has 0 saturated carbocycles. The van der Waals surface area contributed by atoms with Crippen LogP contribution in [0.15, 0.2) is 28.7 Å². The van der Waals surface area contributed by atoms with E-state index in [4.69, 9.17) is 5.11 Å². The molecule has 1 heterocycles. The number of aliphatic hydroxyl groups excluding tert-OH is 1. The average Bonchev–Trinajstić information content (AvgIpc) is 2.39. The van der Waals surface area contributed by atoms with Gasteiger partial charge < -0.3 is 10.0 Å². The maximum atomic E-state index is 12.5. The second-order valence-electron chi connectivity index (χ2n) is 4.67. The fraction of sp³-hybridized carbons (Fsp3) is 0.500. The molecule has 18 heavy (non-hydrogen) atoms. The summed E-state index contributed by atoms with van der Waals surface area (Å²) < 4.78 is 0.920. The van der Waals surface area contributed by atoms with Crippen molar-refractivity contribution in [2.75, 3.05) is 13.2 Å². The first-order chi connectivity index (χ1) is 8.72. The minimum atomic E-state index is 0.0782. The van der Waals surface area contributed by atoms with Crippen LogP contribution < -0.4 is 0 Å². The lowest BCUT2D eigenvalue weighted by Gasteiger charge is -2.35. The molecule has 0 spiro atoms. The number of amides is 1. The van der Waals surface area contributed by atoms with Crippen molar-refractivity contribution in [3.63, 3.8) is 0 Å². The van der Waals surface area contributed by atoms with Crippen LogP contribution in [0.5, 0.6) is 0 Å². The molecule has 0 aromatic heterocycles. The van der Waals surface area contributed by atoms with Crippen molar-refractivity contribution in [1.29, 1.82) is 0 Å². The summed E-state index contributed by atoms with van der Waals surface area (Å²) in [6.07, 6.45) is 3.88. The molecule has 0 aliphatic carbocycles. The number of rotatable bonds is 3. The molecule has 1 atom stereocenters. The molecule has 1 aliphatic heterocycles. The van der Waals surface area contributed by atoms with Crippen molar-refractivity contribution in [1.82, 2.24) is 4.90 Å². The van der Waals surface area contributed by atoms with Gasteiger partial charge in [-0.2, -0.15) is 0 Å². The van der Waals surface area contributed by atoms with Gasteiger partial charge in [-0.1, -0.05) is 22.0 Å². The molecule has 98 valence electrons. The van der Waals surface area contributed by atoms with Crippen LogP contribution in [0.25, 0.3) is 0 Å². The molecule has 4 heteroatoms. The summed E-state index contributed by atoms with van der Waals surface area (Å²) in [5, 5.41) is 9.09. The van der Waals surface area contributed by atoms with E-state index in [1.807, 2.05) is 29.2 Å². The zero-order chi connectivity index (χ0) is 13.0. The standard InChI is InChI=1S/C14H18BrNO2/c15-12-5-3-4-11(10-12)14(18)16-8-2-1-6-13(16)7-9-17/h3-5,10,13,17H,1-2,6-9H2. The molecule has 1 saturated heterocycles. The molecule has 3 nitrogen and oxygen atoms in total. The first-order valence-electron chi connectivity index (χ1n) is 6.40.